The average molecular weight is 508 g/mol. The smallest absolute Gasteiger partial charge is 0.322 e. The van der Waals surface area contributed by atoms with Crippen LogP contribution < -0.4 is 10.1 Å². The van der Waals surface area contributed by atoms with Gasteiger partial charge in [0.15, 0.2) is 0 Å². The Morgan fingerprint density at radius 2 is 1.79 bits per heavy atom. The monoisotopic (exact) mass is 507 g/mol. The number of carbonyl (C=O) groups is 1. The summed E-state index contributed by atoms with van der Waals surface area (Å²) in [6, 6.07) is 26.5. The minimum atomic E-state index is -0.546. The number of aryl methyl sites for hydroxylation is 1. The fourth-order valence-corrected chi connectivity index (χ4v) is 5.05. The predicted molar refractivity (Wildman–Crippen MR) is 143 cm³/mol. The number of aromatic nitrogens is 3. The van der Waals surface area contributed by atoms with E-state index in [-0.39, 0.29) is 18.4 Å². The lowest BCUT2D eigenvalue weighted by atomic mass is 10.0. The van der Waals surface area contributed by atoms with E-state index in [2.05, 4.69) is 9.88 Å². The Bertz CT molecular complexity index is 1610. The summed E-state index contributed by atoms with van der Waals surface area (Å²) in [4.78, 5) is 15.7. The number of ether oxygens (including phenoxy) is 1. The van der Waals surface area contributed by atoms with Crippen molar-refractivity contribution in [2.75, 3.05) is 12.4 Å². The second-order valence-corrected chi connectivity index (χ2v) is 9.18. The van der Waals surface area contributed by atoms with Crippen LogP contribution in [0.1, 0.15) is 28.6 Å². The highest BCUT2D eigenvalue weighted by atomic mass is 19.1. The number of amides is 2. The molecule has 0 spiro atoms. The minimum absolute atomic E-state index is 0.277. The molecule has 0 fully saturated rings. The zero-order valence-electron chi connectivity index (χ0n) is 21.0. The van der Waals surface area contributed by atoms with E-state index in [1.807, 2.05) is 66.3 Å². The van der Waals surface area contributed by atoms with Gasteiger partial charge in [-0.3, -0.25) is 0 Å². The predicted octanol–water partition coefficient (Wildman–Crippen LogP) is 6.26. The van der Waals surface area contributed by atoms with Gasteiger partial charge in [0.1, 0.15) is 17.4 Å². The first-order valence-electron chi connectivity index (χ1n) is 12.3. The third-order valence-electron chi connectivity index (χ3n) is 6.85. The van der Waals surface area contributed by atoms with Crippen molar-refractivity contribution >= 4 is 11.7 Å². The Morgan fingerprint density at radius 1 is 1.00 bits per heavy atom. The van der Waals surface area contributed by atoms with Crippen LogP contribution in [0.4, 0.5) is 14.9 Å². The molecule has 3 aromatic carbocycles. The van der Waals surface area contributed by atoms with Crippen LogP contribution in [0.15, 0.2) is 97.2 Å². The Kier molecular flexibility index (Phi) is 5.92. The van der Waals surface area contributed by atoms with Crippen molar-refractivity contribution in [3.8, 4) is 17.3 Å². The first-order chi connectivity index (χ1) is 18.5. The van der Waals surface area contributed by atoms with Gasteiger partial charge in [-0.15, -0.1) is 0 Å². The van der Waals surface area contributed by atoms with Crippen molar-refractivity contribution in [1.29, 1.82) is 0 Å². The van der Waals surface area contributed by atoms with Gasteiger partial charge in [-0.05, 0) is 73.2 Å². The largest absolute Gasteiger partial charge is 0.497 e. The zero-order valence-corrected chi connectivity index (χ0v) is 21.0. The van der Waals surface area contributed by atoms with E-state index in [0.29, 0.717) is 17.0 Å². The second kappa shape index (κ2) is 9.55. The maximum atomic E-state index is 14.5. The number of nitrogens with one attached hydrogen (secondary N) is 1. The van der Waals surface area contributed by atoms with E-state index in [9.17, 15) is 9.18 Å². The molecule has 8 heteroatoms. The van der Waals surface area contributed by atoms with Crippen LogP contribution >= 0.6 is 0 Å². The van der Waals surface area contributed by atoms with Gasteiger partial charge in [0.2, 0.25) is 0 Å². The van der Waals surface area contributed by atoms with E-state index in [1.54, 1.807) is 42.3 Å². The lowest BCUT2D eigenvalue weighted by molar-refractivity contribution is 0.194. The molecule has 1 unspecified atom stereocenters. The summed E-state index contributed by atoms with van der Waals surface area (Å²) in [5.41, 5.74) is 4.77. The quantitative estimate of drug-likeness (QED) is 0.312. The Labute approximate surface area is 219 Å². The molecule has 190 valence electrons. The number of rotatable bonds is 4. The van der Waals surface area contributed by atoms with Crippen LogP contribution in [0.5, 0.6) is 5.75 Å². The third-order valence-corrected chi connectivity index (χ3v) is 6.85. The number of halogens is 1. The highest BCUT2D eigenvalue weighted by Gasteiger charge is 2.36. The number of benzene rings is 3. The average Bonchev–Trinajstić information content (AvgIpc) is 3.50. The number of hydrogen-bond donors (Lipinski definition) is 1. The molecule has 7 nitrogen and oxygen atoms in total. The van der Waals surface area contributed by atoms with Crippen LogP contribution in [0, 0.1) is 12.7 Å². The number of para-hydroxylation sites is 1. The molecule has 6 rings (SSSR count). The van der Waals surface area contributed by atoms with Crippen LogP contribution in [-0.2, 0) is 6.54 Å². The van der Waals surface area contributed by atoms with Gasteiger partial charge in [-0.1, -0.05) is 30.3 Å². The number of anilines is 1. The number of nitrogens with zero attached hydrogens (tertiary/aromatic N) is 4. The van der Waals surface area contributed by atoms with E-state index in [4.69, 9.17) is 9.84 Å². The van der Waals surface area contributed by atoms with E-state index in [0.717, 1.165) is 28.5 Å². The van der Waals surface area contributed by atoms with Crippen LogP contribution in [-0.4, -0.2) is 32.4 Å². The molecule has 0 radical (unpaired) electrons. The number of urea groups is 1. The van der Waals surface area contributed by atoms with Gasteiger partial charge in [0, 0.05) is 17.4 Å². The lowest BCUT2D eigenvalue weighted by Gasteiger charge is -2.31. The molecule has 0 saturated carbocycles. The van der Waals surface area contributed by atoms with Gasteiger partial charge >= 0.3 is 6.03 Å². The van der Waals surface area contributed by atoms with Crippen LogP contribution in [0.25, 0.3) is 11.5 Å². The van der Waals surface area contributed by atoms with E-state index < -0.39 is 6.04 Å². The molecule has 1 N–H and O–H groups in total. The van der Waals surface area contributed by atoms with E-state index in [1.165, 1.54) is 12.1 Å². The normalized spacial score (nSPS) is 14.4. The van der Waals surface area contributed by atoms with E-state index >= 15 is 0 Å². The summed E-state index contributed by atoms with van der Waals surface area (Å²) in [7, 11) is 1.60. The summed E-state index contributed by atoms with van der Waals surface area (Å²) in [5, 5.41) is 7.87. The van der Waals surface area contributed by atoms with Crippen molar-refractivity contribution in [2.45, 2.75) is 19.5 Å². The standard InChI is InChI=1S/C30H26FN5O2/c1-20-26-19-35(30(37)32-23-13-15-25(38-2)16-14-23)28(21-8-6-9-22(31)18-21)27-12-7-17-34(27)29(26)36(33-20)24-10-4-3-5-11-24/h3-18,28H,19H2,1-2H3,(H,32,37). The molecule has 5 aromatic rings. The van der Waals surface area contributed by atoms with Gasteiger partial charge in [-0.25, -0.2) is 13.9 Å². The van der Waals surface area contributed by atoms with Gasteiger partial charge in [0.05, 0.1) is 36.8 Å². The van der Waals surface area contributed by atoms with Gasteiger partial charge < -0.3 is 19.5 Å². The first kappa shape index (κ1) is 23.5. The summed E-state index contributed by atoms with van der Waals surface area (Å²) < 4.78 is 23.7. The Morgan fingerprint density at radius 3 is 2.53 bits per heavy atom. The van der Waals surface area contributed by atoms with Crippen molar-refractivity contribution in [1.82, 2.24) is 19.2 Å². The molecule has 3 heterocycles. The Balaban J connectivity index is 1.51. The molecule has 0 bridgehead atoms. The number of fused-ring (bicyclic) bond motifs is 3. The maximum absolute atomic E-state index is 14.5. The van der Waals surface area contributed by atoms with Gasteiger partial charge in [0.25, 0.3) is 0 Å². The van der Waals surface area contributed by atoms with Crippen molar-refractivity contribution in [3.05, 3.63) is 126 Å². The minimum Gasteiger partial charge on any atom is -0.497 e. The SMILES string of the molecule is COc1ccc(NC(=O)N2Cc3c(C)nn(-c4ccccc4)c3-n3cccc3C2c2cccc(F)c2)cc1. The lowest BCUT2D eigenvalue weighted by Crippen LogP contribution is -2.38. The molecular formula is C30H26FN5O2. The molecular weight excluding hydrogens is 481 g/mol. The summed E-state index contributed by atoms with van der Waals surface area (Å²) in [6.07, 6.45) is 1.96. The van der Waals surface area contributed by atoms with Crippen molar-refractivity contribution in [2.24, 2.45) is 0 Å². The summed E-state index contributed by atoms with van der Waals surface area (Å²) in [6.45, 7) is 2.22. The third kappa shape index (κ3) is 4.10. The van der Waals surface area contributed by atoms with Crippen molar-refractivity contribution in [3.63, 3.8) is 0 Å². The highest BCUT2D eigenvalue weighted by Crippen LogP contribution is 2.39. The fourth-order valence-electron chi connectivity index (χ4n) is 5.05. The molecule has 0 saturated heterocycles. The van der Waals surface area contributed by atoms with Crippen molar-refractivity contribution < 1.29 is 13.9 Å². The molecule has 2 amide bonds. The number of methoxy groups -OCH3 is 1. The summed E-state index contributed by atoms with van der Waals surface area (Å²) in [5.74, 6) is 1.20. The topological polar surface area (TPSA) is 64.3 Å². The van der Waals surface area contributed by atoms with Crippen LogP contribution in [0.2, 0.25) is 0 Å². The first-order valence-corrected chi connectivity index (χ1v) is 12.3. The number of carbonyl (C=O) groups excluding carboxylic acids is 1. The van der Waals surface area contributed by atoms with Crippen LogP contribution in [0.3, 0.4) is 0 Å². The molecule has 38 heavy (non-hydrogen) atoms. The maximum Gasteiger partial charge on any atom is 0.322 e. The zero-order chi connectivity index (χ0) is 26.2. The second-order valence-electron chi connectivity index (χ2n) is 9.18. The molecule has 1 atom stereocenters. The number of hydrogen-bond acceptors (Lipinski definition) is 3. The fraction of sp³-hybridized carbons (Fsp3) is 0.133. The molecule has 1 aliphatic rings. The molecule has 2 aromatic heterocycles. The molecule has 0 aliphatic carbocycles. The van der Waals surface area contributed by atoms with Gasteiger partial charge in [-0.2, -0.15) is 5.10 Å². The summed E-state index contributed by atoms with van der Waals surface area (Å²) >= 11 is 0. The highest BCUT2D eigenvalue weighted by molar-refractivity contribution is 5.90. The molecule has 1 aliphatic heterocycles. The Hall–Kier alpha value is -4.85.